The van der Waals surface area contributed by atoms with E-state index in [0.29, 0.717) is 26.4 Å². The van der Waals surface area contributed by atoms with Gasteiger partial charge in [-0.1, -0.05) is 73.7 Å². The van der Waals surface area contributed by atoms with E-state index in [0.717, 1.165) is 40.4 Å². The third-order valence-corrected chi connectivity index (χ3v) is 6.72. The van der Waals surface area contributed by atoms with Crippen LogP contribution in [0.15, 0.2) is 103 Å². The largest absolute Gasteiger partial charge is 0.497 e. The fraction of sp³-hybridized carbons (Fsp3) is 0.278. The molecule has 0 amide bonds. The maximum atomic E-state index is 6.08. The van der Waals surface area contributed by atoms with Crippen molar-refractivity contribution in [1.29, 1.82) is 0 Å². The summed E-state index contributed by atoms with van der Waals surface area (Å²) in [5, 5.41) is 0. The number of rotatable bonds is 15. The SMILES string of the molecule is CCOC(COc1ccc(C(=C(CC)c2ccccc2)c2ccc(OCc3ccc(OC)cc3)cc2)cc1)OCC. The quantitative estimate of drug-likeness (QED) is 0.109. The van der Waals surface area contributed by atoms with Crippen LogP contribution in [0.5, 0.6) is 17.2 Å². The van der Waals surface area contributed by atoms with Crippen LogP contribution in [-0.2, 0) is 16.1 Å². The molecular formula is C36H40O5. The number of ether oxygens (including phenoxy) is 5. The minimum absolute atomic E-state index is 0.339. The highest BCUT2D eigenvalue weighted by molar-refractivity contribution is 5.98. The molecule has 0 saturated heterocycles. The maximum absolute atomic E-state index is 6.08. The first kappa shape index (κ1) is 29.9. The Morgan fingerprint density at radius 1 is 0.585 bits per heavy atom. The minimum Gasteiger partial charge on any atom is -0.497 e. The molecule has 0 fully saturated rings. The summed E-state index contributed by atoms with van der Waals surface area (Å²) in [6.07, 6.45) is 0.507. The lowest BCUT2D eigenvalue weighted by atomic mass is 9.88. The average Bonchev–Trinajstić information content (AvgIpc) is 3.03. The Morgan fingerprint density at radius 3 is 1.63 bits per heavy atom. The van der Waals surface area contributed by atoms with E-state index in [4.69, 9.17) is 23.7 Å². The zero-order valence-corrected chi connectivity index (χ0v) is 24.5. The van der Waals surface area contributed by atoms with E-state index >= 15 is 0 Å². The van der Waals surface area contributed by atoms with E-state index in [1.54, 1.807) is 7.11 Å². The van der Waals surface area contributed by atoms with Crippen molar-refractivity contribution in [1.82, 2.24) is 0 Å². The van der Waals surface area contributed by atoms with Gasteiger partial charge in [0.2, 0.25) is 0 Å². The lowest BCUT2D eigenvalue weighted by molar-refractivity contribution is -0.152. The van der Waals surface area contributed by atoms with Crippen LogP contribution < -0.4 is 14.2 Å². The molecule has 5 nitrogen and oxygen atoms in total. The van der Waals surface area contributed by atoms with Gasteiger partial charge in [-0.05, 0) is 90.1 Å². The lowest BCUT2D eigenvalue weighted by Crippen LogP contribution is -2.25. The van der Waals surface area contributed by atoms with E-state index < -0.39 is 0 Å². The van der Waals surface area contributed by atoms with Crippen LogP contribution in [0.2, 0.25) is 0 Å². The minimum atomic E-state index is -0.379. The average molecular weight is 553 g/mol. The Kier molecular flexibility index (Phi) is 11.4. The van der Waals surface area contributed by atoms with Gasteiger partial charge in [0.05, 0.1) is 7.11 Å². The molecule has 0 aliphatic rings. The smallest absolute Gasteiger partial charge is 0.191 e. The molecule has 5 heteroatoms. The summed E-state index contributed by atoms with van der Waals surface area (Å²) < 4.78 is 28.5. The normalized spacial score (nSPS) is 11.7. The molecule has 4 aromatic rings. The van der Waals surface area contributed by atoms with Gasteiger partial charge in [0.25, 0.3) is 0 Å². The first-order valence-corrected chi connectivity index (χ1v) is 14.3. The van der Waals surface area contributed by atoms with Crippen molar-refractivity contribution < 1.29 is 23.7 Å². The van der Waals surface area contributed by atoms with Crippen molar-refractivity contribution in [3.8, 4) is 17.2 Å². The van der Waals surface area contributed by atoms with Crippen LogP contribution in [0, 0.1) is 0 Å². The van der Waals surface area contributed by atoms with Crippen LogP contribution in [-0.4, -0.2) is 33.2 Å². The van der Waals surface area contributed by atoms with E-state index in [1.807, 2.05) is 62.4 Å². The first-order chi connectivity index (χ1) is 20.1. The summed E-state index contributed by atoms with van der Waals surface area (Å²) in [4.78, 5) is 0. The zero-order chi connectivity index (χ0) is 28.9. The van der Waals surface area contributed by atoms with Crippen LogP contribution in [0.1, 0.15) is 49.4 Å². The van der Waals surface area contributed by atoms with Crippen molar-refractivity contribution in [2.45, 2.75) is 40.1 Å². The molecule has 0 bridgehead atoms. The van der Waals surface area contributed by atoms with E-state index in [9.17, 15) is 0 Å². The zero-order valence-electron chi connectivity index (χ0n) is 24.5. The van der Waals surface area contributed by atoms with Crippen molar-refractivity contribution in [3.05, 3.63) is 125 Å². The summed E-state index contributed by atoms with van der Waals surface area (Å²) in [6, 6.07) is 35.1. The molecule has 0 spiro atoms. The molecule has 0 atom stereocenters. The van der Waals surface area contributed by atoms with Crippen LogP contribution >= 0.6 is 0 Å². The molecule has 4 aromatic carbocycles. The van der Waals surface area contributed by atoms with E-state index in [1.165, 1.54) is 16.7 Å². The maximum Gasteiger partial charge on any atom is 0.191 e. The van der Waals surface area contributed by atoms with Crippen molar-refractivity contribution >= 4 is 11.1 Å². The van der Waals surface area contributed by atoms with Gasteiger partial charge >= 0.3 is 0 Å². The summed E-state index contributed by atoms with van der Waals surface area (Å²) in [6.45, 7) is 8.08. The molecule has 0 heterocycles. The van der Waals surface area contributed by atoms with Gasteiger partial charge in [-0.15, -0.1) is 0 Å². The number of methoxy groups -OCH3 is 1. The number of benzene rings is 4. The number of hydrogen-bond donors (Lipinski definition) is 0. The second-order valence-electron chi connectivity index (χ2n) is 9.41. The summed E-state index contributed by atoms with van der Waals surface area (Å²) in [7, 11) is 1.67. The molecule has 0 aromatic heterocycles. The third-order valence-electron chi connectivity index (χ3n) is 6.72. The molecule has 0 unspecified atom stereocenters. The Hall–Kier alpha value is -4.06. The summed E-state index contributed by atoms with van der Waals surface area (Å²) >= 11 is 0. The number of allylic oxidation sites excluding steroid dienone is 1. The van der Waals surface area contributed by atoms with E-state index in [-0.39, 0.29) is 6.29 Å². The van der Waals surface area contributed by atoms with Crippen molar-refractivity contribution in [3.63, 3.8) is 0 Å². The van der Waals surface area contributed by atoms with Crippen molar-refractivity contribution in [2.24, 2.45) is 0 Å². The highest BCUT2D eigenvalue weighted by Gasteiger charge is 2.14. The molecule has 0 saturated carbocycles. The Bertz CT molecular complexity index is 1340. The van der Waals surface area contributed by atoms with Crippen LogP contribution in [0.3, 0.4) is 0 Å². The van der Waals surface area contributed by atoms with Gasteiger partial charge < -0.3 is 23.7 Å². The van der Waals surface area contributed by atoms with E-state index in [2.05, 4.69) is 61.5 Å². The Labute approximate surface area is 244 Å². The second-order valence-corrected chi connectivity index (χ2v) is 9.41. The fourth-order valence-corrected chi connectivity index (χ4v) is 4.68. The predicted molar refractivity (Wildman–Crippen MR) is 165 cm³/mol. The first-order valence-electron chi connectivity index (χ1n) is 14.3. The molecule has 41 heavy (non-hydrogen) atoms. The van der Waals surface area contributed by atoms with Crippen LogP contribution in [0.25, 0.3) is 11.1 Å². The van der Waals surface area contributed by atoms with Crippen molar-refractivity contribution in [2.75, 3.05) is 26.9 Å². The second kappa shape index (κ2) is 15.7. The van der Waals surface area contributed by atoms with Gasteiger partial charge in [0.1, 0.15) is 30.5 Å². The predicted octanol–water partition coefficient (Wildman–Crippen LogP) is 8.42. The molecule has 0 aliphatic carbocycles. The Morgan fingerprint density at radius 2 is 1.12 bits per heavy atom. The van der Waals surface area contributed by atoms with Crippen LogP contribution in [0.4, 0.5) is 0 Å². The molecule has 4 rings (SSSR count). The molecule has 0 radical (unpaired) electrons. The van der Waals surface area contributed by atoms with Gasteiger partial charge in [0.15, 0.2) is 6.29 Å². The van der Waals surface area contributed by atoms with Gasteiger partial charge in [-0.25, -0.2) is 0 Å². The van der Waals surface area contributed by atoms with Gasteiger partial charge in [-0.3, -0.25) is 0 Å². The van der Waals surface area contributed by atoms with Gasteiger partial charge in [0, 0.05) is 13.2 Å². The lowest BCUT2D eigenvalue weighted by Gasteiger charge is -2.19. The summed E-state index contributed by atoms with van der Waals surface area (Å²) in [5.74, 6) is 2.43. The molecule has 0 N–H and O–H groups in total. The monoisotopic (exact) mass is 552 g/mol. The molecular weight excluding hydrogens is 512 g/mol. The highest BCUT2D eigenvalue weighted by Crippen LogP contribution is 2.35. The fourth-order valence-electron chi connectivity index (χ4n) is 4.68. The third kappa shape index (κ3) is 8.46. The summed E-state index contributed by atoms with van der Waals surface area (Å²) in [5.41, 5.74) is 7.01. The number of hydrogen-bond acceptors (Lipinski definition) is 5. The highest BCUT2D eigenvalue weighted by atomic mass is 16.7. The van der Waals surface area contributed by atoms with Gasteiger partial charge in [-0.2, -0.15) is 0 Å². The Balaban J connectivity index is 1.58. The standard InChI is InChI=1S/C36H40O5/c1-5-34(28-11-9-8-10-12-28)36(30-17-23-33(24-18-30)41-26-35(38-6-2)39-7-3)29-15-21-32(22-16-29)40-25-27-13-19-31(37-4)20-14-27/h8-24,35H,5-7,25-26H2,1-4H3. The molecule has 0 aliphatic heterocycles. The topological polar surface area (TPSA) is 46.2 Å². The molecule has 214 valence electrons.